The molecule has 2 aromatic rings. The molecule has 0 aromatic carbocycles. The van der Waals surface area contributed by atoms with Gasteiger partial charge < -0.3 is 0 Å². The minimum atomic E-state index is -3.82. The van der Waals surface area contributed by atoms with Gasteiger partial charge >= 0.3 is 0 Å². The molecule has 5 nitrogen and oxygen atoms in total. The maximum absolute atomic E-state index is 11.3. The molecule has 0 saturated heterocycles. The van der Waals surface area contributed by atoms with Crippen LogP contribution in [0.4, 0.5) is 0 Å². The first kappa shape index (κ1) is 10.8. The second-order valence-corrected chi connectivity index (χ2v) is 6.31. The molecule has 0 aliphatic rings. The Hall–Kier alpha value is -0.660. The first-order valence-corrected chi connectivity index (χ1v) is 6.95. The molecule has 0 bridgehead atoms. The lowest BCUT2D eigenvalue weighted by atomic mass is 10.5. The van der Waals surface area contributed by atoms with E-state index in [1.807, 2.05) is 0 Å². The van der Waals surface area contributed by atoms with Gasteiger partial charge in [0.2, 0.25) is 0 Å². The van der Waals surface area contributed by atoms with Crippen LogP contribution in [-0.4, -0.2) is 23.0 Å². The predicted octanol–water partition coefficient (Wildman–Crippen LogP) is 1.73. The molecule has 0 aliphatic heterocycles. The minimum Gasteiger partial charge on any atom is -0.235 e. The molecule has 2 rings (SSSR count). The summed E-state index contributed by atoms with van der Waals surface area (Å²) in [5, 5.41) is 4.00. The Morgan fingerprint density at radius 2 is 2.20 bits per heavy atom. The number of hydrogen-bond acceptors (Lipinski definition) is 4. The monoisotopic (exact) mass is 309 g/mol. The minimum absolute atomic E-state index is 0.0448. The van der Waals surface area contributed by atoms with Gasteiger partial charge in [0.15, 0.2) is 5.65 Å². The third-order valence-corrected chi connectivity index (χ3v) is 3.64. The molecule has 15 heavy (non-hydrogen) atoms. The van der Waals surface area contributed by atoms with Crippen molar-refractivity contribution in [3.63, 3.8) is 0 Å². The summed E-state index contributed by atoms with van der Waals surface area (Å²) in [7, 11) is 1.47. The van der Waals surface area contributed by atoms with Crippen LogP contribution in [0.3, 0.4) is 0 Å². The van der Waals surface area contributed by atoms with Crippen LogP contribution in [0.25, 0.3) is 5.65 Å². The van der Waals surface area contributed by atoms with E-state index in [0.717, 1.165) is 0 Å². The quantitative estimate of drug-likeness (QED) is 0.753. The lowest BCUT2D eigenvalue weighted by Gasteiger charge is -1.94. The van der Waals surface area contributed by atoms with Gasteiger partial charge in [-0.15, -0.1) is 0 Å². The molecule has 0 N–H and O–H groups in total. The third kappa shape index (κ3) is 1.86. The van der Waals surface area contributed by atoms with Crippen molar-refractivity contribution in [2.45, 2.75) is 11.8 Å². The van der Waals surface area contributed by atoms with Gasteiger partial charge in [-0.05, 0) is 22.9 Å². The summed E-state index contributed by atoms with van der Waals surface area (Å²) in [4.78, 5) is 3.91. The number of nitrogens with zero attached hydrogens (tertiary/aromatic N) is 3. The normalized spacial score (nSPS) is 12.2. The van der Waals surface area contributed by atoms with E-state index >= 15 is 0 Å². The average molecular weight is 311 g/mol. The van der Waals surface area contributed by atoms with Crippen LogP contribution in [-0.2, 0) is 9.05 Å². The molecule has 80 valence electrons. The molecule has 0 unspecified atom stereocenters. The zero-order valence-electron chi connectivity index (χ0n) is 7.48. The van der Waals surface area contributed by atoms with E-state index in [1.54, 1.807) is 13.1 Å². The van der Waals surface area contributed by atoms with E-state index in [9.17, 15) is 8.42 Å². The van der Waals surface area contributed by atoms with Crippen LogP contribution < -0.4 is 0 Å². The smallest absolute Gasteiger partial charge is 0.235 e. The lowest BCUT2D eigenvalue weighted by molar-refractivity contribution is 0.609. The van der Waals surface area contributed by atoms with Crippen molar-refractivity contribution >= 4 is 41.3 Å². The number of halogens is 2. The summed E-state index contributed by atoms with van der Waals surface area (Å²) < 4.78 is 24.6. The van der Waals surface area contributed by atoms with E-state index in [-0.39, 0.29) is 10.5 Å². The standard InChI is InChI=1S/C7H5BrClN3O2S/c1-4-6(15(9,13)14)7-10-2-5(8)3-12(7)11-4/h2-3H,1H3. The lowest BCUT2D eigenvalue weighted by Crippen LogP contribution is -1.94. The molecule has 0 atom stereocenters. The second kappa shape index (κ2) is 3.43. The van der Waals surface area contributed by atoms with Gasteiger partial charge in [-0.25, -0.2) is 17.9 Å². The highest BCUT2D eigenvalue weighted by Crippen LogP contribution is 2.23. The maximum Gasteiger partial charge on any atom is 0.266 e. The Morgan fingerprint density at radius 3 is 2.80 bits per heavy atom. The molecule has 0 amide bonds. The van der Waals surface area contributed by atoms with Crippen LogP contribution in [0.1, 0.15) is 5.69 Å². The Bertz CT molecular complexity index is 637. The van der Waals surface area contributed by atoms with E-state index in [2.05, 4.69) is 26.0 Å². The van der Waals surface area contributed by atoms with Crippen molar-refractivity contribution < 1.29 is 8.42 Å². The van der Waals surface area contributed by atoms with Gasteiger partial charge in [0.05, 0.1) is 10.2 Å². The fourth-order valence-corrected chi connectivity index (χ4v) is 2.88. The summed E-state index contributed by atoms with van der Waals surface area (Å²) in [5.41, 5.74) is 0.557. The summed E-state index contributed by atoms with van der Waals surface area (Å²) >= 11 is 3.21. The van der Waals surface area contributed by atoms with Gasteiger partial charge in [0.1, 0.15) is 4.90 Å². The average Bonchev–Trinajstić information content (AvgIpc) is 2.38. The highest BCUT2D eigenvalue weighted by molar-refractivity contribution is 9.10. The maximum atomic E-state index is 11.3. The molecule has 0 radical (unpaired) electrons. The first-order chi connectivity index (χ1) is 6.89. The van der Waals surface area contributed by atoms with Crippen LogP contribution in [0.15, 0.2) is 21.8 Å². The Labute approximate surface area is 98.6 Å². The molecule has 0 aliphatic carbocycles. The van der Waals surface area contributed by atoms with Gasteiger partial charge in [-0.3, -0.25) is 0 Å². The van der Waals surface area contributed by atoms with Gasteiger partial charge in [0.25, 0.3) is 9.05 Å². The van der Waals surface area contributed by atoms with E-state index in [0.29, 0.717) is 10.2 Å². The molecule has 2 aromatic heterocycles. The summed E-state index contributed by atoms with van der Waals surface area (Å²) in [6, 6.07) is 0. The SMILES string of the molecule is Cc1nn2cc(Br)cnc2c1S(=O)(=O)Cl. The van der Waals surface area contributed by atoms with Crippen LogP contribution in [0, 0.1) is 6.92 Å². The van der Waals surface area contributed by atoms with Crippen LogP contribution in [0.5, 0.6) is 0 Å². The molecule has 2 heterocycles. The van der Waals surface area contributed by atoms with Crippen molar-refractivity contribution in [1.82, 2.24) is 14.6 Å². The number of aryl methyl sites for hydroxylation is 1. The second-order valence-electron chi connectivity index (χ2n) is 2.89. The summed E-state index contributed by atoms with van der Waals surface area (Å²) in [6.07, 6.45) is 3.10. The van der Waals surface area contributed by atoms with Gasteiger partial charge in [-0.1, -0.05) is 0 Å². The Kier molecular flexibility index (Phi) is 2.48. The molecule has 0 saturated carbocycles. The van der Waals surface area contributed by atoms with E-state index < -0.39 is 9.05 Å². The van der Waals surface area contributed by atoms with Gasteiger partial charge in [-0.2, -0.15) is 5.10 Å². The number of rotatable bonds is 1. The largest absolute Gasteiger partial charge is 0.266 e. The van der Waals surface area contributed by atoms with Crippen molar-refractivity contribution in [2.75, 3.05) is 0 Å². The fraction of sp³-hybridized carbons (Fsp3) is 0.143. The Morgan fingerprint density at radius 1 is 1.53 bits per heavy atom. The molecule has 0 fully saturated rings. The van der Waals surface area contributed by atoms with Crippen molar-refractivity contribution in [2.24, 2.45) is 0 Å². The zero-order chi connectivity index (χ0) is 11.2. The zero-order valence-corrected chi connectivity index (χ0v) is 10.6. The number of hydrogen-bond donors (Lipinski definition) is 0. The van der Waals surface area contributed by atoms with Crippen molar-refractivity contribution in [3.8, 4) is 0 Å². The van der Waals surface area contributed by atoms with E-state index in [4.69, 9.17) is 10.7 Å². The summed E-state index contributed by atoms with van der Waals surface area (Å²) in [5.74, 6) is 0. The molecule has 8 heteroatoms. The molecule has 0 spiro atoms. The topological polar surface area (TPSA) is 64.3 Å². The highest BCUT2D eigenvalue weighted by atomic mass is 79.9. The third-order valence-electron chi connectivity index (χ3n) is 1.81. The van der Waals surface area contributed by atoms with Crippen LogP contribution in [0.2, 0.25) is 0 Å². The fourth-order valence-electron chi connectivity index (χ4n) is 1.29. The van der Waals surface area contributed by atoms with Crippen molar-refractivity contribution in [1.29, 1.82) is 0 Å². The molecular formula is C7H5BrClN3O2S. The molecular weight excluding hydrogens is 306 g/mol. The van der Waals surface area contributed by atoms with E-state index in [1.165, 1.54) is 10.7 Å². The van der Waals surface area contributed by atoms with Crippen LogP contribution >= 0.6 is 26.6 Å². The predicted molar refractivity (Wildman–Crippen MR) is 58.5 cm³/mol. The Balaban J connectivity index is 2.92. The first-order valence-electron chi connectivity index (χ1n) is 3.85. The van der Waals surface area contributed by atoms with Gasteiger partial charge in [0, 0.05) is 23.1 Å². The number of aromatic nitrogens is 3. The summed E-state index contributed by atoms with van der Waals surface area (Å²) in [6.45, 7) is 1.57. The van der Waals surface area contributed by atoms with Crippen molar-refractivity contribution in [3.05, 3.63) is 22.6 Å². The highest BCUT2D eigenvalue weighted by Gasteiger charge is 2.22. The number of fused-ring (bicyclic) bond motifs is 1.